The summed E-state index contributed by atoms with van der Waals surface area (Å²) in [4.78, 5) is 2.59. The third-order valence-corrected chi connectivity index (χ3v) is 15.1. The third-order valence-electron chi connectivity index (χ3n) is 13.9. The second-order valence-corrected chi connectivity index (χ2v) is 18.0. The molecule has 3 aliphatic rings. The van der Waals surface area contributed by atoms with Crippen LogP contribution in [0.15, 0.2) is 200 Å². The van der Waals surface area contributed by atoms with Gasteiger partial charge in [0.05, 0.1) is 21.5 Å². The zero-order chi connectivity index (χ0) is 40.1. The minimum absolute atomic E-state index is 0.464. The van der Waals surface area contributed by atoms with Crippen LogP contribution < -0.4 is 4.90 Å². The molecule has 61 heavy (non-hydrogen) atoms. The molecular formula is C59H41NS. The van der Waals surface area contributed by atoms with E-state index in [4.69, 9.17) is 0 Å². The maximum atomic E-state index is 2.60. The zero-order valence-corrected chi connectivity index (χ0v) is 34.6. The molecule has 10 aromatic rings. The Hall–Kier alpha value is -7.00. The van der Waals surface area contributed by atoms with Crippen molar-refractivity contribution >= 4 is 48.6 Å². The molecule has 0 fully saturated rings. The molecule has 0 atom stereocenters. The molecule has 0 bridgehead atoms. The number of anilines is 3. The van der Waals surface area contributed by atoms with Crippen molar-refractivity contribution in [2.45, 2.75) is 31.1 Å². The van der Waals surface area contributed by atoms with Gasteiger partial charge in [-0.25, -0.2) is 0 Å². The second kappa shape index (κ2) is 13.5. The van der Waals surface area contributed by atoms with Gasteiger partial charge in [0.2, 0.25) is 0 Å². The molecule has 0 unspecified atom stereocenters. The van der Waals surface area contributed by atoms with Gasteiger partial charge in [-0.15, -0.1) is 11.3 Å². The number of hydrogen-bond donors (Lipinski definition) is 0. The van der Waals surface area contributed by atoms with Crippen LogP contribution in [-0.4, -0.2) is 0 Å². The summed E-state index contributed by atoms with van der Waals surface area (Å²) in [5.74, 6) is 0. The van der Waals surface area contributed by atoms with E-state index in [9.17, 15) is 0 Å². The average Bonchev–Trinajstić information content (AvgIpc) is 3.96. The van der Waals surface area contributed by atoms with Crippen LogP contribution in [0.3, 0.4) is 0 Å². The largest absolute Gasteiger partial charge is 0.308 e. The molecule has 0 aliphatic heterocycles. The fourth-order valence-corrected chi connectivity index (χ4v) is 12.4. The third kappa shape index (κ3) is 5.06. The molecule has 0 saturated carbocycles. The predicted molar refractivity (Wildman–Crippen MR) is 258 cm³/mol. The first-order valence-corrected chi connectivity index (χ1v) is 22.5. The Labute approximate surface area is 360 Å². The van der Waals surface area contributed by atoms with Crippen LogP contribution in [0.1, 0.15) is 46.2 Å². The van der Waals surface area contributed by atoms with E-state index in [1.165, 1.54) is 122 Å². The molecule has 1 nitrogen and oxygen atoms in total. The number of benzene rings is 9. The molecule has 1 spiro atoms. The van der Waals surface area contributed by atoms with Crippen LogP contribution in [0, 0.1) is 0 Å². The fraction of sp³-hybridized carbons (Fsp3) is 0.0847. The summed E-state index contributed by atoms with van der Waals surface area (Å²) >= 11 is 1.90. The summed E-state index contributed by atoms with van der Waals surface area (Å²) < 4.78 is 2.60. The minimum atomic E-state index is -0.464. The van der Waals surface area contributed by atoms with E-state index in [1.807, 2.05) is 11.3 Å². The number of thiophene rings is 1. The molecular weight excluding hydrogens is 755 g/mol. The van der Waals surface area contributed by atoms with Crippen LogP contribution >= 0.6 is 11.3 Å². The monoisotopic (exact) mass is 795 g/mol. The Balaban J connectivity index is 1.15. The Morgan fingerprint density at radius 3 is 1.70 bits per heavy atom. The lowest BCUT2D eigenvalue weighted by Gasteiger charge is -2.33. The Bertz CT molecular complexity index is 3330. The highest BCUT2D eigenvalue weighted by atomic mass is 32.1. The molecule has 0 amide bonds. The van der Waals surface area contributed by atoms with Crippen molar-refractivity contribution in [3.05, 3.63) is 234 Å². The first kappa shape index (κ1) is 34.8. The highest BCUT2D eigenvalue weighted by Crippen LogP contribution is 2.64. The van der Waals surface area contributed by atoms with Gasteiger partial charge in [0, 0.05) is 26.7 Å². The second-order valence-electron chi connectivity index (χ2n) is 17.0. The highest BCUT2D eigenvalue weighted by molar-refractivity contribution is 7.26. The SMILES string of the molecule is c1ccc(-c2ccc(N(c3cc4c(cc3-c3ccc5c(c3)CCCC5)-c3ccccc3C43c4ccccc4-c4ccccc43)c3cccc4c3sc3ccccc34)cc2)cc1. The minimum Gasteiger partial charge on any atom is -0.308 e. The fourth-order valence-electron chi connectivity index (χ4n) is 11.2. The van der Waals surface area contributed by atoms with Crippen molar-refractivity contribution < 1.29 is 0 Å². The van der Waals surface area contributed by atoms with E-state index in [1.54, 1.807) is 0 Å². The summed E-state index contributed by atoms with van der Waals surface area (Å²) in [6.07, 6.45) is 4.81. The van der Waals surface area contributed by atoms with Gasteiger partial charge >= 0.3 is 0 Å². The summed E-state index contributed by atoms with van der Waals surface area (Å²) in [5.41, 5.74) is 21.7. The lowest BCUT2D eigenvalue weighted by Crippen LogP contribution is -2.26. The number of nitrogens with zero attached hydrogens (tertiary/aromatic N) is 1. The van der Waals surface area contributed by atoms with Crippen LogP contribution in [-0.2, 0) is 18.3 Å². The van der Waals surface area contributed by atoms with Crippen molar-refractivity contribution in [1.29, 1.82) is 0 Å². The summed E-state index contributed by atoms with van der Waals surface area (Å²) in [6.45, 7) is 0. The van der Waals surface area contributed by atoms with Crippen molar-refractivity contribution in [3.8, 4) is 44.5 Å². The van der Waals surface area contributed by atoms with Crippen molar-refractivity contribution in [1.82, 2.24) is 0 Å². The molecule has 0 radical (unpaired) electrons. The molecule has 288 valence electrons. The lowest BCUT2D eigenvalue weighted by atomic mass is 9.70. The van der Waals surface area contributed by atoms with Gasteiger partial charge in [-0.05, 0) is 134 Å². The first-order chi connectivity index (χ1) is 30.3. The molecule has 0 N–H and O–H groups in total. The smallest absolute Gasteiger partial charge is 0.0726 e. The standard InChI is InChI=1S/C59H41NS/c1-2-15-38(16-3-1)40-31-33-43(34-32-40)60(55-27-14-23-48-47-22-9-13-28-57(47)61-58(48)55)56-37-54-50(36-49(56)42-30-29-39-17-4-5-18-41(39)35-42)46-21-8-12-26-53(46)59(54)51-24-10-6-19-44(51)45-20-7-11-25-52(45)59/h1-3,6-16,19-37H,4-5,17-18H2. The van der Waals surface area contributed by atoms with Gasteiger partial charge in [0.1, 0.15) is 0 Å². The number of fused-ring (bicyclic) bond motifs is 14. The van der Waals surface area contributed by atoms with Crippen molar-refractivity contribution in [2.75, 3.05) is 4.90 Å². The maximum absolute atomic E-state index is 2.60. The molecule has 1 aromatic heterocycles. The van der Waals surface area contributed by atoms with E-state index in [2.05, 4.69) is 205 Å². The van der Waals surface area contributed by atoms with E-state index in [0.717, 1.165) is 18.5 Å². The normalized spacial score (nSPS) is 14.1. The van der Waals surface area contributed by atoms with Gasteiger partial charge in [0.25, 0.3) is 0 Å². The van der Waals surface area contributed by atoms with Crippen LogP contribution in [0.25, 0.3) is 64.7 Å². The Morgan fingerprint density at radius 2 is 0.967 bits per heavy atom. The van der Waals surface area contributed by atoms with E-state index < -0.39 is 5.41 Å². The number of hydrogen-bond acceptors (Lipinski definition) is 2. The van der Waals surface area contributed by atoms with Gasteiger partial charge in [-0.3, -0.25) is 0 Å². The topological polar surface area (TPSA) is 3.24 Å². The molecule has 9 aromatic carbocycles. The molecule has 3 aliphatic carbocycles. The van der Waals surface area contributed by atoms with Gasteiger partial charge < -0.3 is 4.90 Å². The molecule has 0 saturated heterocycles. The molecule has 13 rings (SSSR count). The number of rotatable bonds is 5. The van der Waals surface area contributed by atoms with Crippen molar-refractivity contribution in [3.63, 3.8) is 0 Å². The average molecular weight is 796 g/mol. The zero-order valence-electron chi connectivity index (χ0n) is 33.7. The van der Waals surface area contributed by atoms with Crippen LogP contribution in [0.4, 0.5) is 17.1 Å². The van der Waals surface area contributed by atoms with Crippen molar-refractivity contribution in [2.24, 2.45) is 0 Å². The Morgan fingerprint density at radius 1 is 0.377 bits per heavy atom. The quantitative estimate of drug-likeness (QED) is 0.168. The van der Waals surface area contributed by atoms with Crippen LogP contribution in [0.5, 0.6) is 0 Å². The van der Waals surface area contributed by atoms with Gasteiger partial charge in [-0.1, -0.05) is 164 Å². The highest BCUT2D eigenvalue weighted by Gasteiger charge is 2.52. The lowest BCUT2D eigenvalue weighted by molar-refractivity contribution is 0.686. The van der Waals surface area contributed by atoms with Gasteiger partial charge in [-0.2, -0.15) is 0 Å². The predicted octanol–water partition coefficient (Wildman–Crippen LogP) is 16.1. The van der Waals surface area contributed by atoms with E-state index in [-0.39, 0.29) is 0 Å². The maximum Gasteiger partial charge on any atom is 0.0726 e. The summed E-state index contributed by atoms with van der Waals surface area (Å²) in [7, 11) is 0. The van der Waals surface area contributed by atoms with Gasteiger partial charge in [0.15, 0.2) is 0 Å². The first-order valence-electron chi connectivity index (χ1n) is 21.7. The summed E-state index contributed by atoms with van der Waals surface area (Å²) in [6, 6.07) is 75.8. The number of aryl methyl sites for hydroxylation is 2. The van der Waals surface area contributed by atoms with Crippen LogP contribution in [0.2, 0.25) is 0 Å². The van der Waals surface area contributed by atoms with E-state index in [0.29, 0.717) is 0 Å². The Kier molecular flexibility index (Phi) is 7.71. The summed E-state index contributed by atoms with van der Waals surface area (Å²) in [5, 5.41) is 2.60. The molecule has 2 heteroatoms. The molecule has 1 heterocycles. The van der Waals surface area contributed by atoms with E-state index >= 15 is 0 Å².